The number of hydrogen-bond donors (Lipinski definition) is 1. The van der Waals surface area contributed by atoms with Gasteiger partial charge in [0.2, 0.25) is 5.82 Å². The molecule has 152 valence electrons. The summed E-state index contributed by atoms with van der Waals surface area (Å²) in [7, 11) is 0. The van der Waals surface area contributed by atoms with Crippen LogP contribution >= 0.6 is 0 Å². The third-order valence-corrected chi connectivity index (χ3v) is 4.31. The molecular weight excluding hydrogens is 370 g/mol. The molecule has 0 aliphatic carbocycles. The summed E-state index contributed by atoms with van der Waals surface area (Å²) >= 11 is 0. The van der Waals surface area contributed by atoms with Gasteiger partial charge in [-0.15, -0.1) is 0 Å². The largest absolute Gasteiger partial charge is 0.493 e. The zero-order chi connectivity index (χ0) is 20.8. The molecule has 7 nitrogen and oxygen atoms in total. The number of rotatable bonds is 8. The number of nitrogens with zero attached hydrogens (tertiary/aromatic N) is 2. The molecule has 1 aromatic heterocycles. The van der Waals surface area contributed by atoms with Gasteiger partial charge >= 0.3 is 0 Å². The summed E-state index contributed by atoms with van der Waals surface area (Å²) in [4.78, 5) is 12.3. The van der Waals surface area contributed by atoms with Crippen LogP contribution in [0, 0.1) is 19.8 Å². The summed E-state index contributed by atoms with van der Waals surface area (Å²) in [5, 5.41) is 10.4. The van der Waals surface area contributed by atoms with Crippen molar-refractivity contribution in [3.8, 4) is 22.8 Å². The number of amides is 1. The van der Waals surface area contributed by atoms with Crippen molar-refractivity contribution in [2.75, 3.05) is 18.5 Å². The molecule has 1 heterocycles. The molecule has 3 aromatic rings. The predicted molar refractivity (Wildman–Crippen MR) is 110 cm³/mol. The minimum absolute atomic E-state index is 0.142. The molecule has 0 unspecified atom stereocenters. The average Bonchev–Trinajstić information content (AvgIpc) is 3.15. The molecule has 3 rings (SSSR count). The Hall–Kier alpha value is -3.35. The molecule has 29 heavy (non-hydrogen) atoms. The molecule has 0 radical (unpaired) electrons. The number of nitrogens with one attached hydrogen (secondary N) is 1. The summed E-state index contributed by atoms with van der Waals surface area (Å²) in [6, 6.07) is 13.1. The van der Waals surface area contributed by atoms with Crippen molar-refractivity contribution in [3.63, 3.8) is 0 Å². The third kappa shape index (κ3) is 5.57. The second-order valence-corrected chi connectivity index (χ2v) is 7.27. The van der Waals surface area contributed by atoms with Crippen molar-refractivity contribution >= 4 is 11.7 Å². The number of aromatic nitrogens is 2. The Kier molecular flexibility index (Phi) is 6.49. The maximum Gasteiger partial charge on any atom is 0.263 e. The Morgan fingerprint density at radius 2 is 1.72 bits per heavy atom. The first-order valence-electron chi connectivity index (χ1n) is 9.48. The number of ether oxygens (including phenoxy) is 2. The van der Waals surface area contributed by atoms with Crippen LogP contribution in [-0.2, 0) is 4.79 Å². The molecule has 0 saturated carbocycles. The van der Waals surface area contributed by atoms with Gasteiger partial charge in [-0.25, -0.2) is 4.63 Å². The van der Waals surface area contributed by atoms with E-state index in [1.807, 2.05) is 56.3 Å². The zero-order valence-corrected chi connectivity index (χ0v) is 17.1. The van der Waals surface area contributed by atoms with Crippen molar-refractivity contribution in [2.24, 2.45) is 5.92 Å². The second-order valence-electron chi connectivity index (χ2n) is 7.27. The Morgan fingerprint density at radius 1 is 1.00 bits per heavy atom. The van der Waals surface area contributed by atoms with Crippen LogP contribution in [0.1, 0.15) is 25.0 Å². The maximum absolute atomic E-state index is 12.3. The van der Waals surface area contributed by atoms with Gasteiger partial charge in [0.25, 0.3) is 5.91 Å². The summed E-state index contributed by atoms with van der Waals surface area (Å²) in [6.07, 6.45) is 0. The number of hydrogen-bond acceptors (Lipinski definition) is 6. The zero-order valence-electron chi connectivity index (χ0n) is 17.1. The summed E-state index contributed by atoms with van der Waals surface area (Å²) in [5.74, 6) is 1.75. The standard InChI is InChI=1S/C22H25N3O4/c1-14(2)12-27-18-9-6-17(7-10-18)21-22(25-29-24-21)23-20(26)13-28-19-8-5-15(3)16(4)11-19/h5-11,14H,12-13H2,1-4H3,(H,23,25,26). The van der Waals surface area contributed by atoms with Crippen LogP contribution in [0.3, 0.4) is 0 Å². The molecule has 0 atom stereocenters. The van der Waals surface area contributed by atoms with E-state index in [1.165, 1.54) is 5.56 Å². The van der Waals surface area contributed by atoms with E-state index in [1.54, 1.807) is 0 Å². The SMILES string of the molecule is Cc1ccc(OCC(=O)Nc2nonc2-c2ccc(OCC(C)C)cc2)cc1C. The van der Waals surface area contributed by atoms with Crippen molar-refractivity contribution in [3.05, 3.63) is 53.6 Å². The summed E-state index contributed by atoms with van der Waals surface area (Å²) in [6.45, 7) is 8.70. The van der Waals surface area contributed by atoms with Gasteiger partial charge in [0, 0.05) is 5.56 Å². The second kappa shape index (κ2) is 9.23. The molecule has 0 fully saturated rings. The van der Waals surface area contributed by atoms with Gasteiger partial charge in [-0.05, 0) is 77.6 Å². The van der Waals surface area contributed by atoms with Crippen molar-refractivity contribution in [1.29, 1.82) is 0 Å². The lowest BCUT2D eigenvalue weighted by molar-refractivity contribution is -0.118. The predicted octanol–water partition coefficient (Wildman–Crippen LogP) is 4.41. The minimum atomic E-state index is -0.350. The van der Waals surface area contributed by atoms with E-state index >= 15 is 0 Å². The van der Waals surface area contributed by atoms with Crippen LogP contribution in [0.4, 0.5) is 5.82 Å². The normalized spacial score (nSPS) is 10.8. The average molecular weight is 395 g/mol. The number of carbonyl (C=O) groups excluding carboxylic acids is 1. The van der Waals surface area contributed by atoms with E-state index in [0.29, 0.717) is 24.0 Å². The molecule has 7 heteroatoms. The highest BCUT2D eigenvalue weighted by atomic mass is 16.6. The van der Waals surface area contributed by atoms with Crippen LogP contribution in [-0.4, -0.2) is 29.4 Å². The number of benzene rings is 2. The van der Waals surface area contributed by atoms with Crippen LogP contribution < -0.4 is 14.8 Å². The van der Waals surface area contributed by atoms with Crippen LogP contribution in [0.5, 0.6) is 11.5 Å². The lowest BCUT2D eigenvalue weighted by Crippen LogP contribution is -2.20. The molecule has 0 bridgehead atoms. The van der Waals surface area contributed by atoms with E-state index in [-0.39, 0.29) is 18.3 Å². The lowest BCUT2D eigenvalue weighted by Gasteiger charge is -2.09. The lowest BCUT2D eigenvalue weighted by atomic mass is 10.1. The summed E-state index contributed by atoms with van der Waals surface area (Å²) < 4.78 is 16.0. The van der Waals surface area contributed by atoms with Crippen molar-refractivity contribution in [2.45, 2.75) is 27.7 Å². The highest BCUT2D eigenvalue weighted by Gasteiger charge is 2.16. The molecule has 2 aromatic carbocycles. The van der Waals surface area contributed by atoms with Crippen LogP contribution in [0.25, 0.3) is 11.3 Å². The molecule has 0 saturated heterocycles. The summed E-state index contributed by atoms with van der Waals surface area (Å²) in [5.41, 5.74) is 3.47. The minimum Gasteiger partial charge on any atom is -0.493 e. The van der Waals surface area contributed by atoms with Gasteiger partial charge < -0.3 is 14.8 Å². The molecule has 1 N–H and O–H groups in total. The van der Waals surface area contributed by atoms with Gasteiger partial charge in [0.15, 0.2) is 12.3 Å². The molecule has 0 aliphatic rings. The number of carbonyl (C=O) groups is 1. The fraction of sp³-hybridized carbons (Fsp3) is 0.318. The maximum atomic E-state index is 12.3. The van der Waals surface area contributed by atoms with Gasteiger partial charge in [-0.2, -0.15) is 0 Å². The first kappa shape index (κ1) is 20.4. The highest BCUT2D eigenvalue weighted by Crippen LogP contribution is 2.26. The van der Waals surface area contributed by atoms with Gasteiger partial charge in [0.1, 0.15) is 11.5 Å². The van der Waals surface area contributed by atoms with E-state index < -0.39 is 0 Å². The van der Waals surface area contributed by atoms with E-state index in [2.05, 4.69) is 29.5 Å². The Bertz CT molecular complexity index is 964. The Labute approximate surface area is 170 Å². The van der Waals surface area contributed by atoms with Gasteiger partial charge in [-0.3, -0.25) is 4.79 Å². The monoisotopic (exact) mass is 395 g/mol. The Balaban J connectivity index is 1.60. The van der Waals surface area contributed by atoms with Crippen LogP contribution in [0.2, 0.25) is 0 Å². The fourth-order valence-electron chi connectivity index (χ4n) is 2.55. The molecule has 1 amide bonds. The van der Waals surface area contributed by atoms with E-state index in [9.17, 15) is 4.79 Å². The number of anilines is 1. The van der Waals surface area contributed by atoms with Crippen molar-refractivity contribution in [1.82, 2.24) is 10.3 Å². The fourth-order valence-corrected chi connectivity index (χ4v) is 2.55. The Morgan fingerprint density at radius 3 is 2.41 bits per heavy atom. The quantitative estimate of drug-likeness (QED) is 0.608. The van der Waals surface area contributed by atoms with E-state index in [0.717, 1.165) is 16.9 Å². The van der Waals surface area contributed by atoms with Crippen molar-refractivity contribution < 1.29 is 18.9 Å². The van der Waals surface area contributed by atoms with Crippen LogP contribution in [0.15, 0.2) is 47.1 Å². The first-order valence-corrected chi connectivity index (χ1v) is 9.48. The molecule has 0 spiro atoms. The molecular formula is C22H25N3O4. The topological polar surface area (TPSA) is 86.5 Å². The van der Waals surface area contributed by atoms with E-state index in [4.69, 9.17) is 14.1 Å². The molecule has 0 aliphatic heterocycles. The third-order valence-electron chi connectivity index (χ3n) is 4.31. The van der Waals surface area contributed by atoms with Gasteiger partial charge in [0.05, 0.1) is 6.61 Å². The smallest absolute Gasteiger partial charge is 0.263 e. The van der Waals surface area contributed by atoms with Gasteiger partial charge in [-0.1, -0.05) is 19.9 Å². The first-order chi connectivity index (χ1) is 13.9. The highest BCUT2D eigenvalue weighted by molar-refractivity contribution is 5.94. The number of aryl methyl sites for hydroxylation is 2.